The van der Waals surface area contributed by atoms with Gasteiger partial charge in [-0.05, 0) is 34.7 Å². The van der Waals surface area contributed by atoms with E-state index in [0.29, 0.717) is 24.4 Å². The molecule has 0 saturated carbocycles. The van der Waals surface area contributed by atoms with Gasteiger partial charge in [0.05, 0.1) is 12.1 Å². The first-order valence-corrected chi connectivity index (χ1v) is 10.1. The van der Waals surface area contributed by atoms with Crippen molar-refractivity contribution in [3.63, 3.8) is 0 Å². The lowest BCUT2D eigenvalue weighted by Crippen LogP contribution is -2.37. The van der Waals surface area contributed by atoms with Crippen LogP contribution in [0.1, 0.15) is 22.3 Å². The highest BCUT2D eigenvalue weighted by Crippen LogP contribution is 2.35. The Hall–Kier alpha value is -3.73. The Morgan fingerprint density at radius 3 is 2.37 bits per heavy atom. The summed E-state index contributed by atoms with van der Waals surface area (Å²) in [5.41, 5.74) is 5.11. The molecule has 0 spiro atoms. The molecule has 0 N–H and O–H groups in total. The van der Waals surface area contributed by atoms with Gasteiger partial charge in [0.1, 0.15) is 5.70 Å². The van der Waals surface area contributed by atoms with Crippen molar-refractivity contribution in [2.45, 2.75) is 19.5 Å². The third kappa shape index (κ3) is 3.18. The molecule has 0 bridgehead atoms. The first-order valence-electron chi connectivity index (χ1n) is 10.1. The van der Waals surface area contributed by atoms with Gasteiger partial charge in [-0.15, -0.1) is 0 Å². The van der Waals surface area contributed by atoms with Crippen molar-refractivity contribution in [2.24, 2.45) is 0 Å². The molecule has 0 saturated heterocycles. The smallest absolute Gasteiger partial charge is 0.278 e. The van der Waals surface area contributed by atoms with Crippen LogP contribution < -0.4 is 0 Å². The van der Waals surface area contributed by atoms with E-state index < -0.39 is 0 Å². The van der Waals surface area contributed by atoms with Crippen LogP contribution in [0.25, 0.3) is 5.57 Å². The summed E-state index contributed by atoms with van der Waals surface area (Å²) >= 11 is 0. The third-order valence-corrected chi connectivity index (χ3v) is 5.72. The lowest BCUT2D eigenvalue weighted by molar-refractivity contribution is -0.138. The molecule has 2 aromatic carbocycles. The molecule has 0 radical (unpaired) electrons. The summed E-state index contributed by atoms with van der Waals surface area (Å²) in [5, 5.41) is 0. The van der Waals surface area contributed by atoms with E-state index >= 15 is 0 Å². The zero-order valence-corrected chi connectivity index (χ0v) is 16.5. The maximum atomic E-state index is 13.5. The van der Waals surface area contributed by atoms with E-state index in [1.54, 1.807) is 12.4 Å². The van der Waals surface area contributed by atoms with Gasteiger partial charge in [-0.25, -0.2) is 0 Å². The average Bonchev–Trinajstić information content (AvgIpc) is 3.05. The maximum Gasteiger partial charge on any atom is 0.278 e. The molecule has 3 aromatic rings. The van der Waals surface area contributed by atoms with Crippen LogP contribution in [0, 0.1) is 0 Å². The van der Waals surface area contributed by atoms with Gasteiger partial charge in [0.15, 0.2) is 0 Å². The van der Waals surface area contributed by atoms with Crippen molar-refractivity contribution in [1.82, 2.24) is 14.8 Å². The highest BCUT2D eigenvalue weighted by molar-refractivity contribution is 6.35. The second-order valence-electron chi connectivity index (χ2n) is 7.59. The van der Waals surface area contributed by atoms with Crippen molar-refractivity contribution in [1.29, 1.82) is 0 Å². The summed E-state index contributed by atoms with van der Waals surface area (Å²) < 4.78 is 0. The monoisotopic (exact) mass is 395 g/mol. The summed E-state index contributed by atoms with van der Waals surface area (Å²) in [6.45, 7) is 1.56. The Kier molecular flexibility index (Phi) is 4.64. The molecule has 3 heterocycles. The van der Waals surface area contributed by atoms with Crippen LogP contribution in [-0.2, 0) is 29.1 Å². The fourth-order valence-corrected chi connectivity index (χ4v) is 4.23. The van der Waals surface area contributed by atoms with E-state index in [0.717, 1.165) is 17.5 Å². The minimum atomic E-state index is -0.246. The predicted molar refractivity (Wildman–Crippen MR) is 114 cm³/mol. The van der Waals surface area contributed by atoms with Crippen molar-refractivity contribution < 1.29 is 9.59 Å². The van der Waals surface area contributed by atoms with Gasteiger partial charge in [-0.1, -0.05) is 60.7 Å². The highest BCUT2D eigenvalue weighted by atomic mass is 16.2. The van der Waals surface area contributed by atoms with Gasteiger partial charge in [-0.2, -0.15) is 0 Å². The summed E-state index contributed by atoms with van der Waals surface area (Å²) in [7, 11) is 0. The molecular formula is C25H21N3O2. The number of carbonyl (C=O) groups excluding carboxylic acids is 2. The number of hydrogen-bond donors (Lipinski definition) is 0. The summed E-state index contributed by atoms with van der Waals surface area (Å²) in [6, 6.07) is 21.5. The van der Waals surface area contributed by atoms with Crippen molar-refractivity contribution in [3.8, 4) is 0 Å². The lowest BCUT2D eigenvalue weighted by atomic mass is 9.98. The van der Waals surface area contributed by atoms with Crippen LogP contribution in [0.3, 0.4) is 0 Å². The van der Waals surface area contributed by atoms with Gasteiger partial charge in [0, 0.05) is 25.5 Å². The van der Waals surface area contributed by atoms with E-state index in [2.05, 4.69) is 22.0 Å². The Labute approximate surface area is 175 Å². The molecule has 5 heteroatoms. The normalized spacial score (nSPS) is 16.3. The SMILES string of the molecule is O=C1C(c2ccccc2)=C(N2CCc3ccccc3C2)C(=O)N1Cc1cccnc1. The lowest BCUT2D eigenvalue weighted by Gasteiger charge is -2.31. The number of carbonyl (C=O) groups is 2. The number of pyridine rings is 1. The quantitative estimate of drug-likeness (QED) is 0.635. The highest BCUT2D eigenvalue weighted by Gasteiger charge is 2.42. The molecule has 2 aliphatic rings. The Balaban J connectivity index is 1.55. The number of fused-ring (bicyclic) bond motifs is 1. The van der Waals surface area contributed by atoms with Crippen molar-refractivity contribution in [2.75, 3.05) is 6.54 Å². The van der Waals surface area contributed by atoms with Crippen LogP contribution in [0.15, 0.2) is 84.8 Å². The summed E-state index contributed by atoms with van der Waals surface area (Å²) in [6.07, 6.45) is 4.23. The van der Waals surface area contributed by atoms with E-state index in [4.69, 9.17) is 0 Å². The van der Waals surface area contributed by atoms with E-state index in [9.17, 15) is 9.59 Å². The number of rotatable bonds is 4. The minimum absolute atomic E-state index is 0.218. The van der Waals surface area contributed by atoms with Crippen LogP contribution in [0.2, 0.25) is 0 Å². The Morgan fingerprint density at radius 2 is 1.60 bits per heavy atom. The van der Waals surface area contributed by atoms with Crippen LogP contribution in [-0.4, -0.2) is 33.1 Å². The van der Waals surface area contributed by atoms with Gasteiger partial charge in [0.25, 0.3) is 11.8 Å². The Morgan fingerprint density at radius 1 is 0.833 bits per heavy atom. The van der Waals surface area contributed by atoms with Crippen LogP contribution in [0.5, 0.6) is 0 Å². The van der Waals surface area contributed by atoms with E-state index in [-0.39, 0.29) is 18.4 Å². The molecule has 5 nitrogen and oxygen atoms in total. The molecule has 0 fully saturated rings. The fraction of sp³-hybridized carbons (Fsp3) is 0.160. The van der Waals surface area contributed by atoms with Crippen molar-refractivity contribution >= 4 is 17.4 Å². The maximum absolute atomic E-state index is 13.5. The summed E-state index contributed by atoms with van der Waals surface area (Å²) in [4.78, 5) is 34.4. The molecule has 0 aliphatic carbocycles. The molecule has 148 valence electrons. The predicted octanol–water partition coefficient (Wildman–Crippen LogP) is 3.42. The number of benzene rings is 2. The van der Waals surface area contributed by atoms with Crippen LogP contribution >= 0.6 is 0 Å². The largest absolute Gasteiger partial charge is 0.362 e. The van der Waals surface area contributed by atoms with Crippen LogP contribution in [0.4, 0.5) is 0 Å². The third-order valence-electron chi connectivity index (χ3n) is 5.72. The average molecular weight is 395 g/mol. The standard InChI is InChI=1S/C25H21N3O2/c29-24-22(20-9-2-1-3-10-20)23(25(30)28(24)16-18-7-6-13-26-15-18)27-14-12-19-8-4-5-11-21(19)17-27/h1-11,13,15H,12,14,16-17H2. The van der Waals surface area contributed by atoms with Crippen molar-refractivity contribution in [3.05, 3.63) is 107 Å². The van der Waals surface area contributed by atoms with Gasteiger partial charge >= 0.3 is 0 Å². The number of hydrogen-bond acceptors (Lipinski definition) is 4. The molecule has 1 aromatic heterocycles. The number of nitrogens with zero attached hydrogens (tertiary/aromatic N) is 3. The number of aromatic nitrogens is 1. The second-order valence-corrected chi connectivity index (χ2v) is 7.59. The zero-order valence-electron chi connectivity index (χ0n) is 16.5. The molecule has 0 unspecified atom stereocenters. The van der Waals surface area contributed by atoms with E-state index in [1.807, 2.05) is 54.6 Å². The molecule has 30 heavy (non-hydrogen) atoms. The molecule has 5 rings (SSSR count). The number of amides is 2. The van der Waals surface area contributed by atoms with Gasteiger partial charge in [0.2, 0.25) is 0 Å². The van der Waals surface area contributed by atoms with E-state index in [1.165, 1.54) is 16.0 Å². The molecule has 0 atom stereocenters. The van der Waals surface area contributed by atoms with Gasteiger partial charge in [-0.3, -0.25) is 19.5 Å². The fourth-order valence-electron chi connectivity index (χ4n) is 4.23. The minimum Gasteiger partial charge on any atom is -0.362 e. The molecular weight excluding hydrogens is 374 g/mol. The Bertz CT molecular complexity index is 1140. The first kappa shape index (κ1) is 18.3. The molecule has 2 amide bonds. The first-order chi connectivity index (χ1) is 14.7. The topological polar surface area (TPSA) is 53.5 Å². The zero-order chi connectivity index (χ0) is 20.5. The number of imide groups is 1. The second kappa shape index (κ2) is 7.59. The molecule has 2 aliphatic heterocycles. The summed E-state index contributed by atoms with van der Waals surface area (Å²) in [5.74, 6) is -0.481. The van der Waals surface area contributed by atoms with Gasteiger partial charge < -0.3 is 4.90 Å².